The zero-order valence-electron chi connectivity index (χ0n) is 14.4. The molecule has 4 heteroatoms. The Morgan fingerprint density at radius 2 is 1.48 bits per heavy atom. The molecule has 2 aromatic carbocycles. The summed E-state index contributed by atoms with van der Waals surface area (Å²) in [6.07, 6.45) is 3.57. The Hall–Kier alpha value is -2.62. The van der Waals surface area contributed by atoms with Gasteiger partial charge in [0.2, 0.25) is 5.95 Å². The molecule has 1 fully saturated rings. The number of rotatable bonds is 2. The molecule has 0 radical (unpaired) electrons. The minimum absolute atomic E-state index is 0.870. The standard InChI is InChI=1S/C21H22N4/c1-2-8-17-15-25(14-11-16(17)7-1)21-22-19-10-4-3-9-18(19)20(23-21)24-12-5-6-13-24/h1-4,7-10H,5-6,11-15H2. The molecule has 1 saturated heterocycles. The van der Waals surface area contributed by atoms with Crippen LogP contribution in [0.15, 0.2) is 48.5 Å². The van der Waals surface area contributed by atoms with E-state index in [1.54, 1.807) is 0 Å². The topological polar surface area (TPSA) is 32.3 Å². The van der Waals surface area contributed by atoms with E-state index in [9.17, 15) is 0 Å². The molecule has 126 valence electrons. The van der Waals surface area contributed by atoms with Crippen LogP contribution in [0.25, 0.3) is 10.9 Å². The highest BCUT2D eigenvalue weighted by atomic mass is 15.3. The van der Waals surface area contributed by atoms with E-state index in [1.807, 2.05) is 0 Å². The SMILES string of the molecule is c1ccc2c(c1)CCN(c1nc(N3CCCC3)c3ccccc3n1)C2. The first-order valence-electron chi connectivity index (χ1n) is 9.22. The van der Waals surface area contributed by atoms with Crippen molar-refractivity contribution in [3.8, 4) is 0 Å². The Bertz CT molecular complexity index is 915. The number of anilines is 2. The molecule has 2 aliphatic rings. The van der Waals surface area contributed by atoms with Crippen LogP contribution < -0.4 is 9.80 Å². The summed E-state index contributed by atoms with van der Waals surface area (Å²) in [4.78, 5) is 14.7. The summed E-state index contributed by atoms with van der Waals surface area (Å²) in [5.41, 5.74) is 3.90. The van der Waals surface area contributed by atoms with Crippen LogP contribution in [0, 0.1) is 0 Å². The molecule has 0 N–H and O–H groups in total. The molecule has 4 nitrogen and oxygen atoms in total. The van der Waals surface area contributed by atoms with Crippen molar-refractivity contribution in [3.05, 3.63) is 59.7 Å². The molecule has 0 saturated carbocycles. The van der Waals surface area contributed by atoms with Crippen molar-refractivity contribution in [2.45, 2.75) is 25.8 Å². The maximum absolute atomic E-state index is 5.02. The Kier molecular flexibility index (Phi) is 3.54. The van der Waals surface area contributed by atoms with E-state index in [1.165, 1.54) is 29.4 Å². The molecule has 0 amide bonds. The van der Waals surface area contributed by atoms with E-state index < -0.39 is 0 Å². The van der Waals surface area contributed by atoms with Gasteiger partial charge in [0.25, 0.3) is 0 Å². The molecule has 25 heavy (non-hydrogen) atoms. The summed E-state index contributed by atoms with van der Waals surface area (Å²) >= 11 is 0. The maximum Gasteiger partial charge on any atom is 0.228 e. The molecule has 2 aliphatic heterocycles. The fourth-order valence-electron chi connectivity index (χ4n) is 4.03. The average molecular weight is 330 g/mol. The van der Waals surface area contributed by atoms with E-state index in [0.29, 0.717) is 0 Å². The summed E-state index contributed by atoms with van der Waals surface area (Å²) in [7, 11) is 0. The zero-order valence-corrected chi connectivity index (χ0v) is 14.4. The van der Waals surface area contributed by atoms with Gasteiger partial charge in [-0.3, -0.25) is 0 Å². The normalized spacial score (nSPS) is 17.1. The number of benzene rings is 2. The first kappa shape index (κ1) is 14.7. The third-order valence-electron chi connectivity index (χ3n) is 5.39. The monoisotopic (exact) mass is 330 g/mol. The lowest BCUT2D eigenvalue weighted by atomic mass is 10.0. The van der Waals surface area contributed by atoms with Gasteiger partial charge in [-0.1, -0.05) is 36.4 Å². The Morgan fingerprint density at radius 3 is 2.36 bits per heavy atom. The predicted octanol–water partition coefficient (Wildman–Crippen LogP) is 3.79. The van der Waals surface area contributed by atoms with Crippen molar-refractivity contribution in [2.24, 2.45) is 0 Å². The van der Waals surface area contributed by atoms with Gasteiger partial charge in [-0.15, -0.1) is 0 Å². The van der Waals surface area contributed by atoms with E-state index in [-0.39, 0.29) is 0 Å². The highest BCUT2D eigenvalue weighted by Gasteiger charge is 2.22. The molecule has 0 bridgehead atoms. The first-order valence-corrected chi connectivity index (χ1v) is 9.22. The molecule has 1 aromatic heterocycles. The fraction of sp³-hybridized carbons (Fsp3) is 0.333. The largest absolute Gasteiger partial charge is 0.356 e. The highest BCUT2D eigenvalue weighted by Crippen LogP contribution is 2.30. The predicted molar refractivity (Wildman–Crippen MR) is 102 cm³/mol. The van der Waals surface area contributed by atoms with E-state index in [4.69, 9.17) is 9.97 Å². The zero-order chi connectivity index (χ0) is 16.6. The molecule has 5 rings (SSSR count). The highest BCUT2D eigenvalue weighted by molar-refractivity contribution is 5.90. The van der Waals surface area contributed by atoms with Crippen LogP contribution in [0.5, 0.6) is 0 Å². The van der Waals surface area contributed by atoms with Crippen molar-refractivity contribution in [2.75, 3.05) is 29.4 Å². The molecule has 0 atom stereocenters. The first-order chi connectivity index (χ1) is 12.4. The number of fused-ring (bicyclic) bond motifs is 2. The van der Waals surface area contributed by atoms with Crippen LogP contribution in [0.4, 0.5) is 11.8 Å². The summed E-state index contributed by atoms with van der Waals surface area (Å²) in [5.74, 6) is 1.98. The van der Waals surface area contributed by atoms with Gasteiger partial charge >= 0.3 is 0 Å². The smallest absolute Gasteiger partial charge is 0.228 e. The van der Waals surface area contributed by atoms with Gasteiger partial charge in [0.1, 0.15) is 5.82 Å². The second kappa shape index (κ2) is 6.03. The second-order valence-electron chi connectivity index (χ2n) is 7.00. The van der Waals surface area contributed by atoms with Gasteiger partial charge in [0, 0.05) is 31.6 Å². The minimum atomic E-state index is 0.870. The summed E-state index contributed by atoms with van der Waals surface area (Å²) in [5, 5.41) is 1.17. The van der Waals surface area contributed by atoms with Crippen molar-refractivity contribution < 1.29 is 0 Å². The average Bonchev–Trinajstić information content (AvgIpc) is 3.21. The van der Waals surface area contributed by atoms with Crippen LogP contribution in [-0.4, -0.2) is 29.6 Å². The summed E-state index contributed by atoms with van der Waals surface area (Å²) in [6, 6.07) is 17.1. The number of nitrogens with zero attached hydrogens (tertiary/aromatic N) is 4. The summed E-state index contributed by atoms with van der Waals surface area (Å²) in [6.45, 7) is 4.08. The lowest BCUT2D eigenvalue weighted by molar-refractivity contribution is 0.708. The lowest BCUT2D eigenvalue weighted by Crippen LogP contribution is -2.32. The molecular formula is C21H22N4. The van der Waals surface area contributed by atoms with Gasteiger partial charge < -0.3 is 9.80 Å². The Balaban J connectivity index is 1.58. The Morgan fingerprint density at radius 1 is 0.720 bits per heavy atom. The summed E-state index contributed by atoms with van der Waals surface area (Å²) < 4.78 is 0. The molecule has 3 aromatic rings. The van der Waals surface area contributed by atoms with Crippen LogP contribution in [0.3, 0.4) is 0 Å². The minimum Gasteiger partial charge on any atom is -0.356 e. The third kappa shape index (κ3) is 2.62. The van der Waals surface area contributed by atoms with Crippen molar-refractivity contribution in [1.82, 2.24) is 9.97 Å². The van der Waals surface area contributed by atoms with Gasteiger partial charge in [-0.05, 0) is 42.5 Å². The van der Waals surface area contributed by atoms with E-state index in [0.717, 1.165) is 49.9 Å². The van der Waals surface area contributed by atoms with Crippen LogP contribution >= 0.6 is 0 Å². The number of hydrogen-bond donors (Lipinski definition) is 0. The second-order valence-corrected chi connectivity index (χ2v) is 7.00. The van der Waals surface area contributed by atoms with Gasteiger partial charge in [0.15, 0.2) is 0 Å². The van der Waals surface area contributed by atoms with Crippen molar-refractivity contribution in [3.63, 3.8) is 0 Å². The van der Waals surface area contributed by atoms with Gasteiger partial charge in [0.05, 0.1) is 5.52 Å². The maximum atomic E-state index is 5.02. The van der Waals surface area contributed by atoms with E-state index in [2.05, 4.69) is 58.3 Å². The lowest BCUT2D eigenvalue weighted by Gasteiger charge is -2.30. The van der Waals surface area contributed by atoms with Crippen LogP contribution in [0.1, 0.15) is 24.0 Å². The fourth-order valence-corrected chi connectivity index (χ4v) is 4.03. The molecule has 0 spiro atoms. The number of para-hydroxylation sites is 1. The number of aromatic nitrogens is 2. The van der Waals surface area contributed by atoms with Crippen molar-refractivity contribution >= 4 is 22.7 Å². The van der Waals surface area contributed by atoms with Gasteiger partial charge in [-0.2, -0.15) is 4.98 Å². The van der Waals surface area contributed by atoms with E-state index >= 15 is 0 Å². The molecule has 3 heterocycles. The van der Waals surface area contributed by atoms with Gasteiger partial charge in [-0.25, -0.2) is 4.98 Å². The third-order valence-corrected chi connectivity index (χ3v) is 5.39. The van der Waals surface area contributed by atoms with Crippen LogP contribution in [0.2, 0.25) is 0 Å². The van der Waals surface area contributed by atoms with Crippen LogP contribution in [-0.2, 0) is 13.0 Å². The Labute approximate surface area is 148 Å². The molecular weight excluding hydrogens is 308 g/mol. The number of hydrogen-bond acceptors (Lipinski definition) is 4. The van der Waals surface area contributed by atoms with Crippen molar-refractivity contribution in [1.29, 1.82) is 0 Å². The molecule has 0 aliphatic carbocycles. The molecule has 0 unspecified atom stereocenters. The quantitative estimate of drug-likeness (QED) is 0.715.